The van der Waals surface area contributed by atoms with Crippen LogP contribution in [0.1, 0.15) is 97.3 Å². The van der Waals surface area contributed by atoms with Gasteiger partial charge in [0.15, 0.2) is 0 Å². The Balaban J connectivity index is 1.70. The average Bonchev–Trinajstić information content (AvgIpc) is 3.23. The molecular formula is C19H38O2. The van der Waals surface area contributed by atoms with Crippen molar-refractivity contribution >= 4 is 0 Å². The third-order valence-corrected chi connectivity index (χ3v) is 4.41. The van der Waals surface area contributed by atoms with Gasteiger partial charge in [-0.05, 0) is 12.8 Å². The van der Waals surface area contributed by atoms with Crippen LogP contribution < -0.4 is 0 Å². The highest BCUT2D eigenvalue weighted by Gasteiger charge is 2.37. The third kappa shape index (κ3) is 11.2. The Kier molecular flexibility index (Phi) is 12.3. The second-order valence-electron chi connectivity index (χ2n) is 6.61. The van der Waals surface area contributed by atoms with Crippen molar-refractivity contribution in [2.24, 2.45) is 0 Å². The molecule has 1 aliphatic rings. The van der Waals surface area contributed by atoms with Crippen LogP contribution in [0.2, 0.25) is 0 Å². The van der Waals surface area contributed by atoms with Gasteiger partial charge in [0.25, 0.3) is 0 Å². The van der Waals surface area contributed by atoms with Gasteiger partial charge in [-0.25, -0.2) is 0 Å². The Bertz CT molecular complexity index is 218. The summed E-state index contributed by atoms with van der Waals surface area (Å²) in [5, 5.41) is 0. The Morgan fingerprint density at radius 1 is 0.667 bits per heavy atom. The summed E-state index contributed by atoms with van der Waals surface area (Å²) in [6.07, 6.45) is 18.9. The first-order valence-corrected chi connectivity index (χ1v) is 9.61. The van der Waals surface area contributed by atoms with Gasteiger partial charge in [-0.2, -0.15) is 0 Å². The average molecular weight is 299 g/mol. The van der Waals surface area contributed by atoms with Crippen molar-refractivity contribution in [1.29, 1.82) is 0 Å². The molecule has 0 spiro atoms. The molecule has 2 atom stereocenters. The van der Waals surface area contributed by atoms with Crippen molar-refractivity contribution < 1.29 is 9.47 Å². The number of rotatable bonds is 16. The SMILES string of the molecule is CCCCCCCCCCCCCC1OC1COCCC. The lowest BCUT2D eigenvalue weighted by Crippen LogP contribution is -2.05. The molecule has 0 aromatic heterocycles. The van der Waals surface area contributed by atoms with E-state index in [1.165, 1.54) is 77.0 Å². The highest BCUT2D eigenvalue weighted by molar-refractivity contribution is 4.84. The van der Waals surface area contributed by atoms with Crippen LogP contribution in [0.5, 0.6) is 0 Å². The molecule has 2 heteroatoms. The van der Waals surface area contributed by atoms with Gasteiger partial charge in [0, 0.05) is 6.61 Å². The molecule has 0 aromatic rings. The zero-order chi connectivity index (χ0) is 15.2. The zero-order valence-corrected chi connectivity index (χ0v) is 14.6. The Labute approximate surface area is 133 Å². The van der Waals surface area contributed by atoms with E-state index in [2.05, 4.69) is 13.8 Å². The Morgan fingerprint density at radius 3 is 1.81 bits per heavy atom. The standard InChI is InChI=1S/C19H38O2/c1-3-5-6-7-8-9-10-11-12-13-14-15-18-19(21-18)17-20-16-4-2/h18-19H,3-17H2,1-2H3. The predicted octanol–water partition coefficient (Wildman–Crippen LogP) is 5.88. The fourth-order valence-electron chi connectivity index (χ4n) is 2.93. The second kappa shape index (κ2) is 13.6. The predicted molar refractivity (Wildman–Crippen MR) is 90.8 cm³/mol. The largest absolute Gasteiger partial charge is 0.379 e. The Morgan fingerprint density at radius 2 is 1.24 bits per heavy atom. The van der Waals surface area contributed by atoms with Crippen molar-refractivity contribution in [2.45, 2.75) is 110 Å². The van der Waals surface area contributed by atoms with E-state index < -0.39 is 0 Å². The monoisotopic (exact) mass is 298 g/mol. The molecule has 1 fully saturated rings. The van der Waals surface area contributed by atoms with Gasteiger partial charge >= 0.3 is 0 Å². The van der Waals surface area contributed by atoms with E-state index in [9.17, 15) is 0 Å². The van der Waals surface area contributed by atoms with Crippen LogP contribution in [0.15, 0.2) is 0 Å². The van der Waals surface area contributed by atoms with Crippen molar-refractivity contribution in [3.8, 4) is 0 Å². The first-order chi connectivity index (χ1) is 10.4. The lowest BCUT2D eigenvalue weighted by Gasteiger charge is -2.02. The molecule has 2 nitrogen and oxygen atoms in total. The van der Waals surface area contributed by atoms with Crippen molar-refractivity contribution in [3.05, 3.63) is 0 Å². The van der Waals surface area contributed by atoms with Crippen LogP contribution in [0.4, 0.5) is 0 Å². The number of hydrogen-bond donors (Lipinski definition) is 0. The molecule has 0 amide bonds. The molecule has 0 N–H and O–H groups in total. The van der Waals surface area contributed by atoms with E-state index in [-0.39, 0.29) is 0 Å². The maximum Gasteiger partial charge on any atom is 0.107 e. The summed E-state index contributed by atoms with van der Waals surface area (Å²) in [5.74, 6) is 0. The van der Waals surface area contributed by atoms with Gasteiger partial charge in [0.05, 0.1) is 12.7 Å². The molecular weight excluding hydrogens is 260 g/mol. The van der Waals surface area contributed by atoms with E-state index in [1.807, 2.05) is 0 Å². The van der Waals surface area contributed by atoms with Crippen molar-refractivity contribution in [1.82, 2.24) is 0 Å². The molecule has 126 valence electrons. The molecule has 1 rings (SSSR count). The molecule has 21 heavy (non-hydrogen) atoms. The molecule has 0 aromatic carbocycles. The van der Waals surface area contributed by atoms with Gasteiger partial charge in [-0.1, -0.05) is 84.5 Å². The van der Waals surface area contributed by atoms with Crippen LogP contribution in [0, 0.1) is 0 Å². The van der Waals surface area contributed by atoms with Crippen molar-refractivity contribution in [2.75, 3.05) is 13.2 Å². The lowest BCUT2D eigenvalue weighted by molar-refractivity contribution is 0.117. The van der Waals surface area contributed by atoms with Gasteiger partial charge in [0.1, 0.15) is 6.10 Å². The summed E-state index contributed by atoms with van der Waals surface area (Å²) < 4.78 is 11.1. The molecule has 1 aliphatic heterocycles. The van der Waals surface area contributed by atoms with E-state index >= 15 is 0 Å². The number of hydrogen-bond acceptors (Lipinski definition) is 2. The maximum absolute atomic E-state index is 5.63. The third-order valence-electron chi connectivity index (χ3n) is 4.41. The second-order valence-corrected chi connectivity index (χ2v) is 6.61. The molecule has 0 aliphatic carbocycles. The van der Waals surface area contributed by atoms with Crippen LogP contribution in [0.3, 0.4) is 0 Å². The minimum Gasteiger partial charge on any atom is -0.379 e. The van der Waals surface area contributed by atoms with Gasteiger partial charge in [-0.15, -0.1) is 0 Å². The van der Waals surface area contributed by atoms with Crippen LogP contribution in [0.25, 0.3) is 0 Å². The van der Waals surface area contributed by atoms with E-state index in [1.54, 1.807) is 0 Å². The fraction of sp³-hybridized carbons (Fsp3) is 1.00. The number of ether oxygens (including phenoxy) is 2. The fourth-order valence-corrected chi connectivity index (χ4v) is 2.93. The van der Waals surface area contributed by atoms with E-state index in [4.69, 9.17) is 9.47 Å². The van der Waals surface area contributed by atoms with Gasteiger partial charge in [0.2, 0.25) is 0 Å². The summed E-state index contributed by atoms with van der Waals surface area (Å²) in [4.78, 5) is 0. The van der Waals surface area contributed by atoms with Crippen molar-refractivity contribution in [3.63, 3.8) is 0 Å². The summed E-state index contributed by atoms with van der Waals surface area (Å²) in [7, 11) is 0. The first-order valence-electron chi connectivity index (χ1n) is 9.61. The molecule has 0 bridgehead atoms. The summed E-state index contributed by atoms with van der Waals surface area (Å²) in [6, 6.07) is 0. The zero-order valence-electron chi connectivity index (χ0n) is 14.6. The first kappa shape index (κ1) is 19.0. The molecule has 1 saturated heterocycles. The van der Waals surface area contributed by atoms with Gasteiger partial charge < -0.3 is 9.47 Å². The normalized spacial score (nSPS) is 20.9. The Hall–Kier alpha value is -0.0800. The summed E-state index contributed by atoms with van der Waals surface area (Å²) in [6.45, 7) is 6.13. The van der Waals surface area contributed by atoms with Crippen LogP contribution >= 0.6 is 0 Å². The lowest BCUT2D eigenvalue weighted by atomic mass is 10.0. The highest BCUT2D eigenvalue weighted by Crippen LogP contribution is 2.27. The van der Waals surface area contributed by atoms with E-state index in [0.717, 1.165) is 19.6 Å². The summed E-state index contributed by atoms with van der Waals surface area (Å²) in [5.41, 5.74) is 0. The van der Waals surface area contributed by atoms with Gasteiger partial charge in [-0.3, -0.25) is 0 Å². The maximum atomic E-state index is 5.63. The smallest absolute Gasteiger partial charge is 0.107 e. The topological polar surface area (TPSA) is 21.8 Å². The minimum absolute atomic E-state index is 0.416. The quantitative estimate of drug-likeness (QED) is 0.262. The van der Waals surface area contributed by atoms with Crippen LogP contribution in [-0.4, -0.2) is 25.4 Å². The molecule has 2 unspecified atom stereocenters. The van der Waals surface area contributed by atoms with E-state index in [0.29, 0.717) is 12.2 Å². The van der Waals surface area contributed by atoms with Crippen LogP contribution in [-0.2, 0) is 9.47 Å². The molecule has 0 saturated carbocycles. The summed E-state index contributed by atoms with van der Waals surface area (Å²) >= 11 is 0. The number of epoxide rings is 1. The molecule has 0 radical (unpaired) electrons. The minimum atomic E-state index is 0.416. The number of unbranched alkanes of at least 4 members (excludes halogenated alkanes) is 10. The highest BCUT2D eigenvalue weighted by atomic mass is 16.6. The molecule has 1 heterocycles.